The van der Waals surface area contributed by atoms with E-state index < -0.39 is 24.0 Å². The van der Waals surface area contributed by atoms with E-state index in [0.717, 1.165) is 5.56 Å². The summed E-state index contributed by atoms with van der Waals surface area (Å²) >= 11 is 0. The quantitative estimate of drug-likeness (QED) is 0.800. The predicted octanol–water partition coefficient (Wildman–Crippen LogP) is 0.755. The molecule has 1 fully saturated rings. The minimum Gasteiger partial charge on any atom is -0.497 e. The number of likely N-dealkylation sites (tertiary alicyclic amines) is 1. The average molecular weight is 291 g/mol. The molecular weight excluding hydrogens is 274 g/mol. The Balaban J connectivity index is 2.05. The lowest BCUT2D eigenvalue weighted by atomic mass is 10.2. The second kappa shape index (κ2) is 6.41. The van der Waals surface area contributed by atoms with Crippen LogP contribution in [0, 0.1) is 0 Å². The number of methoxy groups -OCH3 is 1. The minimum absolute atomic E-state index is 0.0444. The van der Waals surface area contributed by atoms with Gasteiger partial charge in [-0.1, -0.05) is 12.1 Å². The molecule has 0 spiro atoms. The molecule has 1 heterocycles. The number of rotatable bonds is 4. The maximum Gasteiger partial charge on any atom is 0.326 e. The Hall–Kier alpha value is -2.34. The maximum absolute atomic E-state index is 12.0. The number of ether oxygens (including phenoxy) is 1. The topological polar surface area (TPSA) is 87.1 Å². The third-order valence-electron chi connectivity index (χ3n) is 3.38. The van der Waals surface area contributed by atoms with Crippen LogP contribution in [0.3, 0.4) is 0 Å². The monoisotopic (exact) mass is 291 g/mol. The number of carbonyl (C=O) groups is 2. The highest BCUT2D eigenvalue weighted by Gasteiger charge is 2.37. The Bertz CT molecular complexity index is 552. The van der Waals surface area contributed by atoms with Crippen LogP contribution in [0.5, 0.6) is 5.75 Å². The molecule has 1 aliphatic rings. The van der Waals surface area contributed by atoms with Crippen molar-refractivity contribution in [2.45, 2.75) is 18.6 Å². The van der Waals surface area contributed by atoms with Crippen LogP contribution in [0.1, 0.15) is 12.0 Å². The number of benzene rings is 1. The van der Waals surface area contributed by atoms with Crippen molar-refractivity contribution in [2.24, 2.45) is 0 Å². The zero-order valence-corrected chi connectivity index (χ0v) is 11.6. The van der Waals surface area contributed by atoms with E-state index in [1.807, 2.05) is 0 Å². The minimum atomic E-state index is -1.10. The van der Waals surface area contributed by atoms with Gasteiger partial charge in [0.2, 0.25) is 5.91 Å². The highest BCUT2D eigenvalue weighted by molar-refractivity contribution is 5.94. The van der Waals surface area contributed by atoms with Gasteiger partial charge in [-0.05, 0) is 23.8 Å². The number of nitrogens with zero attached hydrogens (tertiary/aromatic N) is 1. The molecule has 1 aliphatic heterocycles. The largest absolute Gasteiger partial charge is 0.497 e. The van der Waals surface area contributed by atoms with Crippen molar-refractivity contribution in [3.05, 3.63) is 35.9 Å². The van der Waals surface area contributed by atoms with E-state index in [2.05, 4.69) is 0 Å². The predicted molar refractivity (Wildman–Crippen MR) is 75.8 cm³/mol. The number of hydrogen-bond acceptors (Lipinski definition) is 4. The molecule has 21 heavy (non-hydrogen) atoms. The van der Waals surface area contributed by atoms with E-state index >= 15 is 0 Å². The summed E-state index contributed by atoms with van der Waals surface area (Å²) in [6, 6.07) is 6.15. The normalized spacial score (nSPS) is 21.7. The van der Waals surface area contributed by atoms with Crippen LogP contribution in [0.2, 0.25) is 0 Å². The van der Waals surface area contributed by atoms with Gasteiger partial charge in [0.25, 0.3) is 0 Å². The molecular formula is C15H17NO5. The summed E-state index contributed by atoms with van der Waals surface area (Å²) in [6.07, 6.45) is 2.20. The molecule has 0 aromatic heterocycles. The molecule has 0 bridgehead atoms. The van der Waals surface area contributed by atoms with E-state index in [0.29, 0.717) is 5.75 Å². The van der Waals surface area contributed by atoms with Crippen LogP contribution < -0.4 is 4.74 Å². The fourth-order valence-corrected chi connectivity index (χ4v) is 2.27. The Morgan fingerprint density at radius 3 is 2.57 bits per heavy atom. The summed E-state index contributed by atoms with van der Waals surface area (Å²) in [5.74, 6) is -0.806. The van der Waals surface area contributed by atoms with Crippen molar-refractivity contribution in [2.75, 3.05) is 13.7 Å². The second-order valence-electron chi connectivity index (χ2n) is 4.84. The average Bonchev–Trinajstić information content (AvgIpc) is 2.87. The third-order valence-corrected chi connectivity index (χ3v) is 3.38. The van der Waals surface area contributed by atoms with Gasteiger partial charge in [0.15, 0.2) is 0 Å². The number of aliphatic carboxylic acids is 1. The molecule has 112 valence electrons. The highest BCUT2D eigenvalue weighted by Crippen LogP contribution is 2.19. The van der Waals surface area contributed by atoms with Gasteiger partial charge in [-0.15, -0.1) is 0 Å². The molecule has 2 rings (SSSR count). The van der Waals surface area contributed by atoms with Gasteiger partial charge >= 0.3 is 5.97 Å². The Labute approximate surface area is 122 Å². The molecule has 1 aromatic rings. The van der Waals surface area contributed by atoms with E-state index in [1.165, 1.54) is 11.0 Å². The zero-order valence-electron chi connectivity index (χ0n) is 11.6. The smallest absolute Gasteiger partial charge is 0.326 e. The standard InChI is InChI=1S/C15H17NO5/c1-21-12-5-2-10(3-6-12)4-7-14(18)16-9-11(17)8-13(16)15(19)20/h2-7,11,13,17H,8-9H2,1H3,(H,19,20)/b7-4+/t11?,13-/m0/s1. The number of hydrogen-bond donors (Lipinski definition) is 2. The molecule has 1 saturated heterocycles. The van der Waals surface area contributed by atoms with Gasteiger partial charge in [-0.25, -0.2) is 4.79 Å². The Morgan fingerprint density at radius 2 is 2.00 bits per heavy atom. The molecule has 0 aliphatic carbocycles. The first kappa shape index (κ1) is 15.1. The van der Waals surface area contributed by atoms with Crippen LogP contribution in [-0.4, -0.2) is 52.8 Å². The van der Waals surface area contributed by atoms with E-state index in [9.17, 15) is 14.7 Å². The zero-order chi connectivity index (χ0) is 15.4. The molecule has 6 nitrogen and oxygen atoms in total. The number of carboxylic acid groups (broad SMARTS) is 1. The first-order valence-electron chi connectivity index (χ1n) is 6.55. The lowest BCUT2D eigenvalue weighted by Gasteiger charge is -2.19. The number of β-amino-alcohol motifs (C(OH)–C–C–N with tert-alkyl or cyclic N) is 1. The SMILES string of the molecule is COc1ccc(/C=C/C(=O)N2CC(O)C[C@H]2C(=O)O)cc1. The van der Waals surface area contributed by atoms with E-state index in [4.69, 9.17) is 9.84 Å². The highest BCUT2D eigenvalue weighted by atomic mass is 16.5. The van der Waals surface area contributed by atoms with Crippen molar-refractivity contribution in [1.82, 2.24) is 4.90 Å². The summed E-state index contributed by atoms with van der Waals surface area (Å²) in [5, 5.41) is 18.6. The molecule has 2 atom stereocenters. The number of aliphatic hydroxyl groups is 1. The van der Waals surface area contributed by atoms with Crippen LogP contribution in [-0.2, 0) is 9.59 Å². The van der Waals surface area contributed by atoms with Gasteiger partial charge in [0.1, 0.15) is 11.8 Å². The summed E-state index contributed by atoms with van der Waals surface area (Å²) < 4.78 is 5.04. The van der Waals surface area contributed by atoms with Crippen molar-refractivity contribution >= 4 is 18.0 Å². The lowest BCUT2D eigenvalue weighted by molar-refractivity contribution is -0.146. The molecule has 1 amide bonds. The fourth-order valence-electron chi connectivity index (χ4n) is 2.27. The van der Waals surface area contributed by atoms with Crippen molar-refractivity contribution < 1.29 is 24.5 Å². The summed E-state index contributed by atoms with van der Waals surface area (Å²) in [5.41, 5.74) is 0.802. The number of amides is 1. The number of carboxylic acids is 1. The van der Waals surface area contributed by atoms with Gasteiger partial charge in [0, 0.05) is 19.0 Å². The molecule has 1 unspecified atom stereocenters. The van der Waals surface area contributed by atoms with Crippen LogP contribution in [0.4, 0.5) is 0 Å². The van der Waals surface area contributed by atoms with Gasteiger partial charge in [-0.2, -0.15) is 0 Å². The summed E-state index contributed by atoms with van der Waals surface area (Å²) in [7, 11) is 1.57. The van der Waals surface area contributed by atoms with Crippen molar-refractivity contribution in [1.29, 1.82) is 0 Å². The van der Waals surface area contributed by atoms with Crippen LogP contribution in [0.15, 0.2) is 30.3 Å². The number of aliphatic hydroxyl groups excluding tert-OH is 1. The molecule has 0 radical (unpaired) electrons. The van der Waals surface area contributed by atoms with Gasteiger partial charge in [0.05, 0.1) is 13.2 Å². The Kier molecular flexibility index (Phi) is 4.59. The first-order chi connectivity index (χ1) is 10.0. The second-order valence-corrected chi connectivity index (χ2v) is 4.84. The van der Waals surface area contributed by atoms with Crippen LogP contribution in [0.25, 0.3) is 6.08 Å². The third kappa shape index (κ3) is 3.61. The Morgan fingerprint density at radius 1 is 1.33 bits per heavy atom. The first-order valence-corrected chi connectivity index (χ1v) is 6.55. The molecule has 1 aromatic carbocycles. The summed E-state index contributed by atoms with van der Waals surface area (Å²) in [4.78, 5) is 24.3. The molecule has 0 saturated carbocycles. The van der Waals surface area contributed by atoms with Gasteiger partial charge in [-0.3, -0.25) is 4.79 Å². The van der Waals surface area contributed by atoms with Crippen LogP contribution >= 0.6 is 0 Å². The molecule has 2 N–H and O–H groups in total. The van der Waals surface area contributed by atoms with E-state index in [-0.39, 0.29) is 13.0 Å². The van der Waals surface area contributed by atoms with Crippen molar-refractivity contribution in [3.63, 3.8) is 0 Å². The lowest BCUT2D eigenvalue weighted by Crippen LogP contribution is -2.39. The molecule has 6 heteroatoms. The number of carbonyl (C=O) groups excluding carboxylic acids is 1. The van der Waals surface area contributed by atoms with Crippen molar-refractivity contribution in [3.8, 4) is 5.75 Å². The van der Waals surface area contributed by atoms with E-state index in [1.54, 1.807) is 37.5 Å². The summed E-state index contributed by atoms with van der Waals surface area (Å²) in [6.45, 7) is 0.0444. The van der Waals surface area contributed by atoms with Gasteiger partial charge < -0.3 is 19.8 Å². The maximum atomic E-state index is 12.0. The fraction of sp³-hybridized carbons (Fsp3) is 0.333.